The number of aryl methyl sites for hydroxylation is 2. The number of hydrogen-bond acceptors (Lipinski definition) is 5. The second kappa shape index (κ2) is 10.5. The molecule has 164 valence electrons. The fraction of sp³-hybridized carbons (Fsp3) is 0.286. The summed E-state index contributed by atoms with van der Waals surface area (Å²) in [5.41, 5.74) is 7.46. The summed E-state index contributed by atoms with van der Waals surface area (Å²) in [5.74, 6) is 0.0545. The van der Waals surface area contributed by atoms with Crippen LogP contribution in [0.3, 0.4) is 0 Å². The van der Waals surface area contributed by atoms with Gasteiger partial charge in [-0.2, -0.15) is 5.10 Å². The number of nitrogens with zero attached hydrogens (tertiary/aromatic N) is 3. The molecule has 0 aliphatic rings. The first-order valence-electron chi connectivity index (χ1n) is 9.59. The number of amides is 1. The van der Waals surface area contributed by atoms with E-state index in [1.807, 2.05) is 6.07 Å². The standard InChI is InChI=1S/C21H23Cl2N5O3/c1-31-19-4-5-27(6-7-28-13-17(23)12-26-28)21(30)18(19)9-20(29)25-11-15-8-16(22)3-2-14(15)10-24/h2-5,8,12-13H,6-7,9-11,24H2,1H3,(H,25,29). The molecule has 0 spiro atoms. The van der Waals surface area contributed by atoms with Gasteiger partial charge in [0.15, 0.2) is 0 Å². The van der Waals surface area contributed by atoms with Crippen molar-refractivity contribution in [1.82, 2.24) is 19.7 Å². The molecule has 1 amide bonds. The Morgan fingerprint density at radius 1 is 1.19 bits per heavy atom. The number of carbonyl (C=O) groups is 1. The highest BCUT2D eigenvalue weighted by atomic mass is 35.5. The smallest absolute Gasteiger partial charge is 0.258 e. The lowest BCUT2D eigenvalue weighted by Gasteiger charge is -2.13. The number of hydrogen-bond donors (Lipinski definition) is 2. The maximum atomic E-state index is 12.9. The summed E-state index contributed by atoms with van der Waals surface area (Å²) in [6.45, 7) is 1.43. The van der Waals surface area contributed by atoms with Crippen LogP contribution in [-0.2, 0) is 37.4 Å². The van der Waals surface area contributed by atoms with Crippen molar-refractivity contribution in [3.8, 4) is 5.75 Å². The van der Waals surface area contributed by atoms with Gasteiger partial charge in [-0.15, -0.1) is 0 Å². The first-order valence-corrected chi connectivity index (χ1v) is 10.3. The number of nitrogens with two attached hydrogens (primary N) is 1. The van der Waals surface area contributed by atoms with E-state index in [2.05, 4.69) is 10.4 Å². The Labute approximate surface area is 189 Å². The van der Waals surface area contributed by atoms with Gasteiger partial charge >= 0.3 is 0 Å². The van der Waals surface area contributed by atoms with Crippen LogP contribution >= 0.6 is 23.2 Å². The number of rotatable bonds is 9. The van der Waals surface area contributed by atoms with E-state index in [0.29, 0.717) is 35.4 Å². The summed E-state index contributed by atoms with van der Waals surface area (Å²) in [6, 6.07) is 7.02. The Balaban J connectivity index is 1.71. The maximum absolute atomic E-state index is 12.9. The summed E-state index contributed by atoms with van der Waals surface area (Å²) in [6.07, 6.45) is 4.72. The molecule has 31 heavy (non-hydrogen) atoms. The van der Waals surface area contributed by atoms with Gasteiger partial charge < -0.3 is 20.4 Å². The van der Waals surface area contributed by atoms with Gasteiger partial charge in [0.1, 0.15) is 5.75 Å². The maximum Gasteiger partial charge on any atom is 0.258 e. The number of carbonyl (C=O) groups excluding carboxylic acids is 1. The third-order valence-electron chi connectivity index (χ3n) is 4.82. The zero-order chi connectivity index (χ0) is 22.4. The van der Waals surface area contributed by atoms with E-state index in [0.717, 1.165) is 11.1 Å². The fourth-order valence-corrected chi connectivity index (χ4v) is 3.53. The molecule has 3 rings (SSSR count). The Hall–Kier alpha value is -2.81. The summed E-state index contributed by atoms with van der Waals surface area (Å²) in [4.78, 5) is 25.5. The predicted molar refractivity (Wildman–Crippen MR) is 119 cm³/mol. The number of nitrogens with one attached hydrogen (secondary N) is 1. The Kier molecular flexibility index (Phi) is 7.73. The van der Waals surface area contributed by atoms with Crippen LogP contribution in [0.15, 0.2) is 47.7 Å². The van der Waals surface area contributed by atoms with Gasteiger partial charge in [-0.3, -0.25) is 14.3 Å². The topological polar surface area (TPSA) is 104 Å². The molecular weight excluding hydrogens is 441 g/mol. The molecule has 2 heterocycles. The largest absolute Gasteiger partial charge is 0.496 e. The van der Waals surface area contributed by atoms with E-state index in [4.69, 9.17) is 33.7 Å². The van der Waals surface area contributed by atoms with Gasteiger partial charge in [0, 0.05) is 37.1 Å². The highest BCUT2D eigenvalue weighted by molar-refractivity contribution is 6.30. The molecule has 0 saturated carbocycles. The second-order valence-corrected chi connectivity index (χ2v) is 7.73. The second-order valence-electron chi connectivity index (χ2n) is 6.85. The van der Waals surface area contributed by atoms with E-state index in [1.54, 1.807) is 35.3 Å². The number of ether oxygens (including phenoxy) is 1. The molecule has 0 radical (unpaired) electrons. The van der Waals surface area contributed by atoms with E-state index in [-0.39, 0.29) is 30.0 Å². The van der Waals surface area contributed by atoms with Crippen molar-refractivity contribution in [1.29, 1.82) is 0 Å². The Morgan fingerprint density at radius 2 is 2.00 bits per heavy atom. The van der Waals surface area contributed by atoms with Crippen LogP contribution in [0.1, 0.15) is 16.7 Å². The van der Waals surface area contributed by atoms with E-state index in [1.165, 1.54) is 17.9 Å². The lowest BCUT2D eigenvalue weighted by atomic mass is 10.1. The first-order chi connectivity index (χ1) is 14.9. The highest BCUT2D eigenvalue weighted by Gasteiger charge is 2.15. The number of aromatic nitrogens is 3. The lowest BCUT2D eigenvalue weighted by molar-refractivity contribution is -0.120. The Morgan fingerprint density at radius 3 is 2.68 bits per heavy atom. The van der Waals surface area contributed by atoms with Gasteiger partial charge in [-0.1, -0.05) is 29.3 Å². The molecule has 0 saturated heterocycles. The van der Waals surface area contributed by atoms with E-state index >= 15 is 0 Å². The molecular formula is C21H23Cl2N5O3. The average molecular weight is 464 g/mol. The SMILES string of the molecule is COc1ccn(CCn2cc(Cl)cn2)c(=O)c1CC(=O)NCc1cc(Cl)ccc1CN. The van der Waals surface area contributed by atoms with Crippen molar-refractivity contribution in [3.63, 3.8) is 0 Å². The van der Waals surface area contributed by atoms with Gasteiger partial charge in [-0.05, 0) is 29.3 Å². The van der Waals surface area contributed by atoms with Crippen LogP contribution in [0, 0.1) is 0 Å². The molecule has 3 N–H and O–H groups in total. The van der Waals surface area contributed by atoms with Gasteiger partial charge in [0.25, 0.3) is 5.56 Å². The average Bonchev–Trinajstić information content (AvgIpc) is 3.18. The molecule has 10 heteroatoms. The molecule has 0 fully saturated rings. The van der Waals surface area contributed by atoms with Crippen LogP contribution in [0.2, 0.25) is 10.0 Å². The van der Waals surface area contributed by atoms with Crippen molar-refractivity contribution in [2.45, 2.75) is 32.6 Å². The summed E-state index contributed by atoms with van der Waals surface area (Å²) >= 11 is 11.9. The molecule has 0 atom stereocenters. The number of benzene rings is 1. The van der Waals surface area contributed by atoms with Crippen molar-refractivity contribution < 1.29 is 9.53 Å². The number of methoxy groups -OCH3 is 1. The van der Waals surface area contributed by atoms with Crippen LogP contribution < -0.4 is 21.3 Å². The monoisotopic (exact) mass is 463 g/mol. The molecule has 0 aliphatic carbocycles. The summed E-state index contributed by atoms with van der Waals surface area (Å²) < 4.78 is 8.46. The van der Waals surface area contributed by atoms with Crippen LogP contribution in [0.4, 0.5) is 0 Å². The summed E-state index contributed by atoms with van der Waals surface area (Å²) in [7, 11) is 1.46. The molecule has 8 nitrogen and oxygen atoms in total. The van der Waals surface area contributed by atoms with Gasteiger partial charge in [0.05, 0.1) is 36.9 Å². The normalized spacial score (nSPS) is 10.8. The molecule has 0 unspecified atom stereocenters. The molecule has 1 aromatic carbocycles. The van der Waals surface area contributed by atoms with Crippen molar-refractivity contribution in [3.05, 3.63) is 79.9 Å². The third-order valence-corrected chi connectivity index (χ3v) is 5.25. The quantitative estimate of drug-likeness (QED) is 0.506. The highest BCUT2D eigenvalue weighted by Crippen LogP contribution is 2.17. The minimum atomic E-state index is -0.310. The van der Waals surface area contributed by atoms with Crippen LogP contribution in [0.5, 0.6) is 5.75 Å². The molecule has 3 aromatic rings. The minimum Gasteiger partial charge on any atom is -0.496 e. The summed E-state index contributed by atoms with van der Waals surface area (Å²) in [5, 5.41) is 8.01. The Bertz CT molecular complexity index is 1130. The number of pyridine rings is 1. The van der Waals surface area contributed by atoms with Gasteiger partial charge in [0.2, 0.25) is 5.91 Å². The van der Waals surface area contributed by atoms with Crippen molar-refractivity contribution in [2.24, 2.45) is 5.73 Å². The zero-order valence-corrected chi connectivity index (χ0v) is 18.5. The van der Waals surface area contributed by atoms with Crippen LogP contribution in [0.25, 0.3) is 0 Å². The predicted octanol–water partition coefficient (Wildman–Crippen LogP) is 2.38. The molecule has 2 aromatic heterocycles. The molecule has 0 aliphatic heterocycles. The van der Waals surface area contributed by atoms with E-state index in [9.17, 15) is 9.59 Å². The zero-order valence-electron chi connectivity index (χ0n) is 17.0. The minimum absolute atomic E-state index is 0.116. The number of halogens is 2. The van der Waals surface area contributed by atoms with Crippen molar-refractivity contribution in [2.75, 3.05) is 7.11 Å². The van der Waals surface area contributed by atoms with Gasteiger partial charge in [-0.25, -0.2) is 0 Å². The fourth-order valence-electron chi connectivity index (χ4n) is 3.18. The van der Waals surface area contributed by atoms with Crippen LogP contribution in [-0.4, -0.2) is 27.4 Å². The van der Waals surface area contributed by atoms with E-state index < -0.39 is 0 Å². The molecule has 0 bridgehead atoms. The third kappa shape index (κ3) is 5.88. The van der Waals surface area contributed by atoms with Crippen molar-refractivity contribution >= 4 is 29.1 Å². The lowest BCUT2D eigenvalue weighted by Crippen LogP contribution is -2.31. The first kappa shape index (κ1) is 22.9.